The molecule has 0 bridgehead atoms. The van der Waals surface area contributed by atoms with Crippen molar-refractivity contribution in [3.05, 3.63) is 59.7 Å². The Bertz CT molecular complexity index is 657. The largest absolute Gasteiger partial charge is 0.398 e. The van der Waals surface area contributed by atoms with Crippen molar-refractivity contribution in [2.75, 3.05) is 11.5 Å². The van der Waals surface area contributed by atoms with Crippen LogP contribution in [-0.4, -0.2) is 15.9 Å². The minimum absolute atomic E-state index is 0.0829. The van der Waals surface area contributed by atoms with Gasteiger partial charge in [-0.25, -0.2) is 0 Å². The molecule has 0 fully saturated rings. The monoisotopic (exact) mass is 302 g/mol. The fraction of sp³-hybridized carbons (Fsp3) is 0.188. The van der Waals surface area contributed by atoms with Gasteiger partial charge in [0.2, 0.25) is 5.91 Å². The summed E-state index contributed by atoms with van der Waals surface area (Å²) < 4.78 is 12.2. The molecule has 0 heterocycles. The Kier molecular flexibility index (Phi) is 5.11. The molecule has 0 spiro atoms. The standard InChI is InChI=1S/C16H18N2O2S/c1-12-6-5-9-14(16(12)17)21(20)11-15(19)18-10-13-7-3-2-4-8-13/h2-9H,10-11,17H2,1H3,(H,18,19). The van der Waals surface area contributed by atoms with Crippen molar-refractivity contribution < 1.29 is 9.00 Å². The van der Waals surface area contributed by atoms with Gasteiger partial charge in [-0.05, 0) is 24.1 Å². The van der Waals surface area contributed by atoms with Crippen LogP contribution in [0.25, 0.3) is 0 Å². The molecule has 0 aliphatic rings. The van der Waals surface area contributed by atoms with Crippen LogP contribution in [0.1, 0.15) is 11.1 Å². The maximum absolute atomic E-state index is 12.2. The number of anilines is 1. The molecule has 1 unspecified atom stereocenters. The van der Waals surface area contributed by atoms with E-state index in [0.717, 1.165) is 11.1 Å². The number of benzene rings is 2. The Morgan fingerprint density at radius 3 is 2.57 bits per heavy atom. The summed E-state index contributed by atoms with van der Waals surface area (Å²) in [6.07, 6.45) is 0. The summed E-state index contributed by atoms with van der Waals surface area (Å²) in [6, 6.07) is 14.9. The SMILES string of the molecule is Cc1cccc(S(=O)CC(=O)NCc2ccccc2)c1N. The van der Waals surface area contributed by atoms with Crippen molar-refractivity contribution in [2.45, 2.75) is 18.4 Å². The van der Waals surface area contributed by atoms with E-state index >= 15 is 0 Å². The molecule has 0 saturated heterocycles. The summed E-state index contributed by atoms with van der Waals surface area (Å²) in [7, 11) is -1.43. The molecule has 0 aliphatic carbocycles. The fourth-order valence-corrected chi connectivity index (χ4v) is 3.03. The summed E-state index contributed by atoms with van der Waals surface area (Å²) >= 11 is 0. The van der Waals surface area contributed by atoms with Crippen molar-refractivity contribution in [3.63, 3.8) is 0 Å². The average molecular weight is 302 g/mol. The molecule has 110 valence electrons. The Balaban J connectivity index is 1.93. The van der Waals surface area contributed by atoms with Gasteiger partial charge in [-0.1, -0.05) is 42.5 Å². The number of rotatable bonds is 5. The molecule has 5 heteroatoms. The number of nitrogens with two attached hydrogens (primary N) is 1. The lowest BCUT2D eigenvalue weighted by Crippen LogP contribution is -2.28. The second-order valence-electron chi connectivity index (χ2n) is 4.74. The van der Waals surface area contributed by atoms with E-state index < -0.39 is 10.8 Å². The third-order valence-electron chi connectivity index (χ3n) is 3.12. The number of amides is 1. The van der Waals surface area contributed by atoms with Crippen LogP contribution in [-0.2, 0) is 22.1 Å². The molecule has 1 atom stereocenters. The van der Waals surface area contributed by atoms with Gasteiger partial charge in [0.1, 0.15) is 5.75 Å². The molecule has 3 N–H and O–H groups in total. The van der Waals surface area contributed by atoms with Gasteiger partial charge in [-0.3, -0.25) is 9.00 Å². The molecular formula is C16H18N2O2S. The van der Waals surface area contributed by atoms with Crippen molar-refractivity contribution in [1.29, 1.82) is 0 Å². The van der Waals surface area contributed by atoms with Gasteiger partial charge in [0.05, 0.1) is 21.4 Å². The predicted octanol–water partition coefficient (Wildman–Crippen LogP) is 2.00. The fourth-order valence-electron chi connectivity index (χ4n) is 1.90. The zero-order valence-electron chi connectivity index (χ0n) is 11.8. The zero-order chi connectivity index (χ0) is 15.2. The first-order valence-electron chi connectivity index (χ1n) is 6.62. The van der Waals surface area contributed by atoms with Crippen LogP contribution in [0.15, 0.2) is 53.4 Å². The summed E-state index contributed by atoms with van der Waals surface area (Å²) in [5, 5.41) is 2.76. The number of nitrogen functional groups attached to an aromatic ring is 1. The van der Waals surface area contributed by atoms with E-state index in [1.54, 1.807) is 12.1 Å². The molecule has 2 aromatic rings. The Hall–Kier alpha value is -2.14. The van der Waals surface area contributed by atoms with E-state index in [2.05, 4.69) is 5.32 Å². The quantitative estimate of drug-likeness (QED) is 0.830. The van der Waals surface area contributed by atoms with Crippen LogP contribution in [0.2, 0.25) is 0 Å². The van der Waals surface area contributed by atoms with Crippen LogP contribution in [0.3, 0.4) is 0 Å². The van der Waals surface area contributed by atoms with Gasteiger partial charge in [-0.15, -0.1) is 0 Å². The number of aryl methyl sites for hydroxylation is 1. The normalized spacial score (nSPS) is 11.9. The van der Waals surface area contributed by atoms with Crippen molar-refractivity contribution in [1.82, 2.24) is 5.32 Å². The minimum atomic E-state index is -1.43. The second-order valence-corrected chi connectivity index (χ2v) is 6.16. The predicted molar refractivity (Wildman–Crippen MR) is 85.2 cm³/mol. The molecule has 0 radical (unpaired) electrons. The highest BCUT2D eigenvalue weighted by molar-refractivity contribution is 7.86. The average Bonchev–Trinajstić information content (AvgIpc) is 2.49. The summed E-state index contributed by atoms with van der Waals surface area (Å²) in [6.45, 7) is 2.28. The van der Waals surface area contributed by atoms with Crippen molar-refractivity contribution in [3.8, 4) is 0 Å². The molecule has 2 aromatic carbocycles. The third kappa shape index (κ3) is 4.16. The smallest absolute Gasteiger partial charge is 0.233 e. The van der Waals surface area contributed by atoms with Crippen LogP contribution in [0.4, 0.5) is 5.69 Å². The summed E-state index contributed by atoms with van der Waals surface area (Å²) in [5.41, 5.74) is 8.26. The Morgan fingerprint density at radius 1 is 1.14 bits per heavy atom. The van der Waals surface area contributed by atoms with Gasteiger partial charge < -0.3 is 11.1 Å². The lowest BCUT2D eigenvalue weighted by Gasteiger charge is -2.09. The molecule has 0 aromatic heterocycles. The van der Waals surface area contributed by atoms with E-state index in [9.17, 15) is 9.00 Å². The molecule has 0 saturated carbocycles. The number of hydrogen-bond donors (Lipinski definition) is 2. The first kappa shape index (κ1) is 15.3. The molecule has 4 nitrogen and oxygen atoms in total. The minimum Gasteiger partial charge on any atom is -0.398 e. The van der Waals surface area contributed by atoms with Crippen LogP contribution < -0.4 is 11.1 Å². The maximum Gasteiger partial charge on any atom is 0.233 e. The lowest BCUT2D eigenvalue weighted by atomic mass is 10.2. The first-order chi connectivity index (χ1) is 10.1. The van der Waals surface area contributed by atoms with E-state index in [-0.39, 0.29) is 11.7 Å². The van der Waals surface area contributed by atoms with Crippen LogP contribution in [0, 0.1) is 6.92 Å². The van der Waals surface area contributed by atoms with E-state index in [1.165, 1.54) is 0 Å². The van der Waals surface area contributed by atoms with Gasteiger partial charge >= 0.3 is 0 Å². The third-order valence-corrected chi connectivity index (χ3v) is 4.50. The highest BCUT2D eigenvalue weighted by Crippen LogP contribution is 2.20. The van der Waals surface area contributed by atoms with Crippen LogP contribution >= 0.6 is 0 Å². The molecule has 1 amide bonds. The number of nitrogens with one attached hydrogen (secondary N) is 1. The molecular weight excluding hydrogens is 284 g/mol. The maximum atomic E-state index is 12.2. The topological polar surface area (TPSA) is 72.2 Å². The number of carbonyl (C=O) groups is 1. The number of para-hydroxylation sites is 1. The van der Waals surface area contributed by atoms with Gasteiger partial charge in [0.15, 0.2) is 0 Å². The van der Waals surface area contributed by atoms with Crippen LogP contribution in [0.5, 0.6) is 0 Å². The summed E-state index contributed by atoms with van der Waals surface area (Å²) in [5.74, 6) is -0.335. The van der Waals surface area contributed by atoms with Gasteiger partial charge in [0.25, 0.3) is 0 Å². The highest BCUT2D eigenvalue weighted by atomic mass is 32.2. The Labute approximate surface area is 126 Å². The zero-order valence-corrected chi connectivity index (χ0v) is 12.7. The Morgan fingerprint density at radius 2 is 1.86 bits per heavy atom. The second kappa shape index (κ2) is 7.04. The molecule has 0 aliphatic heterocycles. The number of hydrogen-bond acceptors (Lipinski definition) is 3. The van der Waals surface area contributed by atoms with Gasteiger partial charge in [-0.2, -0.15) is 0 Å². The lowest BCUT2D eigenvalue weighted by molar-refractivity contribution is -0.118. The van der Waals surface area contributed by atoms with Gasteiger partial charge in [0, 0.05) is 6.54 Å². The van der Waals surface area contributed by atoms with E-state index in [4.69, 9.17) is 5.73 Å². The molecule has 21 heavy (non-hydrogen) atoms. The van der Waals surface area contributed by atoms with Crippen molar-refractivity contribution in [2.24, 2.45) is 0 Å². The van der Waals surface area contributed by atoms with E-state index in [1.807, 2.05) is 43.3 Å². The molecule has 2 rings (SSSR count). The summed E-state index contributed by atoms with van der Waals surface area (Å²) in [4.78, 5) is 12.4. The highest BCUT2D eigenvalue weighted by Gasteiger charge is 2.13. The van der Waals surface area contributed by atoms with E-state index in [0.29, 0.717) is 17.1 Å². The first-order valence-corrected chi connectivity index (χ1v) is 7.94. The van der Waals surface area contributed by atoms with Crippen molar-refractivity contribution >= 4 is 22.4 Å². The number of carbonyl (C=O) groups excluding carboxylic acids is 1.